The van der Waals surface area contributed by atoms with Gasteiger partial charge in [-0.05, 0) is 25.5 Å². The average molecular weight is 396 g/mol. The van der Waals surface area contributed by atoms with Crippen molar-refractivity contribution < 1.29 is 18.5 Å². The minimum atomic E-state index is -0.365. The molecule has 3 heterocycles. The van der Waals surface area contributed by atoms with Crippen molar-refractivity contribution in [3.05, 3.63) is 53.7 Å². The Bertz CT molecular complexity index is 1060. The van der Waals surface area contributed by atoms with E-state index in [1.807, 2.05) is 17.7 Å². The summed E-state index contributed by atoms with van der Waals surface area (Å²) in [7, 11) is 0. The van der Waals surface area contributed by atoms with Crippen molar-refractivity contribution in [1.82, 2.24) is 14.9 Å². The number of benzene rings is 1. The minimum absolute atomic E-state index is 0.0483. The number of hydrogen-bond acceptors (Lipinski definition) is 5. The first-order valence-electron chi connectivity index (χ1n) is 9.57. The molecule has 0 unspecified atom stereocenters. The summed E-state index contributed by atoms with van der Waals surface area (Å²) in [5.74, 6) is 0.629. The highest BCUT2D eigenvalue weighted by atomic mass is 19.1. The molecule has 0 spiro atoms. The van der Waals surface area contributed by atoms with Crippen LogP contribution in [0, 0.1) is 12.7 Å². The van der Waals surface area contributed by atoms with E-state index in [1.165, 1.54) is 12.1 Å². The Morgan fingerprint density at radius 2 is 2.03 bits per heavy atom. The predicted octanol–water partition coefficient (Wildman–Crippen LogP) is 3.31. The number of amides is 1. The van der Waals surface area contributed by atoms with Gasteiger partial charge in [-0.2, -0.15) is 5.10 Å². The maximum atomic E-state index is 13.3. The average Bonchev–Trinajstić information content (AvgIpc) is 3.31. The van der Waals surface area contributed by atoms with Crippen LogP contribution >= 0.6 is 0 Å². The molecule has 0 saturated carbocycles. The highest BCUT2D eigenvalue weighted by molar-refractivity contribution is 5.95. The van der Waals surface area contributed by atoms with Crippen LogP contribution in [0.3, 0.4) is 0 Å². The molecule has 29 heavy (non-hydrogen) atoms. The van der Waals surface area contributed by atoms with Gasteiger partial charge >= 0.3 is 0 Å². The largest absolute Gasteiger partial charge is 0.360 e. The van der Waals surface area contributed by atoms with Gasteiger partial charge in [0.15, 0.2) is 0 Å². The summed E-state index contributed by atoms with van der Waals surface area (Å²) in [5, 5.41) is 8.28. The molecule has 7 nitrogen and oxygen atoms in total. The molecule has 4 rings (SSSR count). The van der Waals surface area contributed by atoms with Crippen LogP contribution in [0.5, 0.6) is 0 Å². The summed E-state index contributed by atoms with van der Waals surface area (Å²) in [6.45, 7) is 3.33. The van der Waals surface area contributed by atoms with Crippen LogP contribution in [0.25, 0.3) is 11.3 Å². The van der Waals surface area contributed by atoms with E-state index < -0.39 is 0 Å². The number of ketones is 1. The van der Waals surface area contributed by atoms with Crippen molar-refractivity contribution in [2.75, 3.05) is 11.4 Å². The number of hydrogen-bond donors (Lipinski definition) is 0. The van der Waals surface area contributed by atoms with Gasteiger partial charge in [0, 0.05) is 43.6 Å². The molecular formula is C21H21FN4O3. The summed E-state index contributed by atoms with van der Waals surface area (Å²) in [4.78, 5) is 26.6. The lowest BCUT2D eigenvalue weighted by Gasteiger charge is -2.27. The van der Waals surface area contributed by atoms with Crippen LogP contribution in [-0.4, -0.2) is 33.2 Å². The molecule has 3 aromatic rings. The van der Waals surface area contributed by atoms with Crippen LogP contribution in [0.2, 0.25) is 0 Å². The molecule has 1 aromatic carbocycles. The summed E-state index contributed by atoms with van der Waals surface area (Å²) < 4.78 is 20.4. The van der Waals surface area contributed by atoms with Gasteiger partial charge in [-0.3, -0.25) is 14.5 Å². The molecule has 0 N–H and O–H groups in total. The predicted molar refractivity (Wildman–Crippen MR) is 104 cm³/mol. The Morgan fingerprint density at radius 3 is 2.86 bits per heavy atom. The fourth-order valence-electron chi connectivity index (χ4n) is 3.50. The second-order valence-corrected chi connectivity index (χ2v) is 7.17. The monoisotopic (exact) mass is 396 g/mol. The first kappa shape index (κ1) is 19.0. The molecule has 8 heteroatoms. The van der Waals surface area contributed by atoms with Crippen LogP contribution in [0.1, 0.15) is 30.7 Å². The number of rotatable bonds is 6. The quantitative estimate of drug-likeness (QED) is 0.639. The summed E-state index contributed by atoms with van der Waals surface area (Å²) in [5.41, 5.74) is 1.93. The zero-order valence-electron chi connectivity index (χ0n) is 16.1. The SMILES string of the molecule is Cc1cc2n(n1)CCCN2C(=O)CCC(=O)Cc1cc(-c2cccc(F)c2)no1. The van der Waals surface area contributed by atoms with E-state index in [-0.39, 0.29) is 36.8 Å². The number of aryl methyl sites for hydroxylation is 2. The number of nitrogens with zero attached hydrogens (tertiary/aromatic N) is 4. The number of halogens is 1. The van der Waals surface area contributed by atoms with Crippen molar-refractivity contribution >= 4 is 17.5 Å². The number of carbonyl (C=O) groups excluding carboxylic acids is 2. The number of anilines is 1. The third-order valence-electron chi connectivity index (χ3n) is 4.88. The summed E-state index contributed by atoms with van der Waals surface area (Å²) >= 11 is 0. The van der Waals surface area contributed by atoms with Crippen LogP contribution in [0.15, 0.2) is 40.9 Å². The lowest BCUT2D eigenvalue weighted by atomic mass is 10.1. The van der Waals surface area contributed by atoms with Gasteiger partial charge < -0.3 is 4.52 Å². The molecule has 150 valence electrons. The third-order valence-corrected chi connectivity index (χ3v) is 4.88. The van der Waals surface area contributed by atoms with E-state index in [0.717, 1.165) is 24.5 Å². The zero-order valence-corrected chi connectivity index (χ0v) is 16.1. The Hall–Kier alpha value is -3.29. The fourth-order valence-corrected chi connectivity index (χ4v) is 3.50. The number of aromatic nitrogens is 3. The van der Waals surface area contributed by atoms with E-state index in [2.05, 4.69) is 10.3 Å². The summed E-state index contributed by atoms with van der Waals surface area (Å²) in [6.07, 6.45) is 1.15. The molecule has 1 aliphatic heterocycles. The van der Waals surface area contributed by atoms with Gasteiger partial charge in [-0.1, -0.05) is 17.3 Å². The van der Waals surface area contributed by atoms with Gasteiger partial charge in [0.1, 0.15) is 28.9 Å². The molecule has 0 aliphatic carbocycles. The minimum Gasteiger partial charge on any atom is -0.360 e. The Balaban J connectivity index is 1.33. The van der Waals surface area contributed by atoms with E-state index in [1.54, 1.807) is 23.1 Å². The molecule has 0 atom stereocenters. The van der Waals surface area contributed by atoms with E-state index >= 15 is 0 Å². The molecule has 0 fully saturated rings. The molecule has 0 bridgehead atoms. The second kappa shape index (κ2) is 7.98. The van der Waals surface area contributed by atoms with Crippen LogP contribution in [-0.2, 0) is 22.6 Å². The van der Waals surface area contributed by atoms with E-state index in [4.69, 9.17) is 4.52 Å². The van der Waals surface area contributed by atoms with Crippen LogP contribution in [0.4, 0.5) is 10.2 Å². The molecule has 1 amide bonds. The topological polar surface area (TPSA) is 81.2 Å². The molecule has 0 saturated heterocycles. The Kier molecular flexibility index (Phi) is 5.24. The van der Waals surface area contributed by atoms with Crippen molar-refractivity contribution in [2.24, 2.45) is 0 Å². The molecule has 0 radical (unpaired) electrons. The summed E-state index contributed by atoms with van der Waals surface area (Å²) in [6, 6.07) is 9.52. The smallest absolute Gasteiger partial charge is 0.228 e. The molecule has 2 aromatic heterocycles. The van der Waals surface area contributed by atoms with Crippen molar-refractivity contribution in [2.45, 2.75) is 39.2 Å². The maximum Gasteiger partial charge on any atom is 0.228 e. The van der Waals surface area contributed by atoms with E-state index in [9.17, 15) is 14.0 Å². The highest BCUT2D eigenvalue weighted by Gasteiger charge is 2.24. The highest BCUT2D eigenvalue weighted by Crippen LogP contribution is 2.23. The fraction of sp³-hybridized carbons (Fsp3) is 0.333. The van der Waals surface area contributed by atoms with Gasteiger partial charge in [0.25, 0.3) is 0 Å². The molecule has 1 aliphatic rings. The van der Waals surface area contributed by atoms with Crippen molar-refractivity contribution in [3.8, 4) is 11.3 Å². The lowest BCUT2D eigenvalue weighted by molar-refractivity contribution is -0.124. The first-order valence-corrected chi connectivity index (χ1v) is 9.57. The zero-order chi connectivity index (χ0) is 20.4. The standard InChI is InChI=1S/C21H21FN4O3/c1-14-10-20-25(8-3-9-26(20)23-14)21(28)7-6-17(27)12-18-13-19(24-29-18)15-4-2-5-16(22)11-15/h2,4-5,10-11,13H,3,6-9,12H2,1H3. The maximum absolute atomic E-state index is 13.3. The van der Waals surface area contributed by atoms with Crippen molar-refractivity contribution in [1.29, 1.82) is 0 Å². The Morgan fingerprint density at radius 1 is 1.17 bits per heavy atom. The number of fused-ring (bicyclic) bond motifs is 1. The third kappa shape index (κ3) is 4.26. The van der Waals surface area contributed by atoms with Gasteiger partial charge in [-0.25, -0.2) is 9.07 Å². The molecular weight excluding hydrogens is 375 g/mol. The normalized spacial score (nSPS) is 13.4. The van der Waals surface area contributed by atoms with E-state index in [0.29, 0.717) is 23.6 Å². The van der Waals surface area contributed by atoms with Gasteiger partial charge in [-0.15, -0.1) is 0 Å². The van der Waals surface area contributed by atoms with Crippen molar-refractivity contribution in [3.63, 3.8) is 0 Å². The van der Waals surface area contributed by atoms with Gasteiger partial charge in [0.2, 0.25) is 5.91 Å². The first-order chi connectivity index (χ1) is 14.0. The van der Waals surface area contributed by atoms with Gasteiger partial charge in [0.05, 0.1) is 12.1 Å². The second-order valence-electron chi connectivity index (χ2n) is 7.17. The van der Waals surface area contributed by atoms with Crippen LogP contribution < -0.4 is 4.90 Å². The lowest BCUT2D eigenvalue weighted by Crippen LogP contribution is -2.37. The Labute approximate surface area is 167 Å². The number of carbonyl (C=O) groups is 2. The number of Topliss-reactive ketones (excluding diaryl/α,β-unsaturated/α-hetero) is 1.